The number of para-hydroxylation sites is 3. The number of piperidine rings is 1. The van der Waals surface area contributed by atoms with Crippen molar-refractivity contribution in [3.63, 3.8) is 0 Å². The molecule has 1 saturated heterocycles. The molecule has 2 aromatic heterocycles. The number of hydrogen-bond acceptors (Lipinski definition) is 5. The lowest BCUT2D eigenvalue weighted by atomic mass is 9.98. The summed E-state index contributed by atoms with van der Waals surface area (Å²) in [5, 5.41) is 1.03. The second-order valence-corrected chi connectivity index (χ2v) is 8.01. The van der Waals surface area contributed by atoms with Gasteiger partial charge in [0.15, 0.2) is 5.65 Å². The van der Waals surface area contributed by atoms with Gasteiger partial charge in [0.25, 0.3) is 0 Å². The zero-order valence-electron chi connectivity index (χ0n) is 17.5. The van der Waals surface area contributed by atoms with Crippen LogP contribution in [0, 0.1) is 5.92 Å². The largest absolute Gasteiger partial charge is 0.469 e. The van der Waals surface area contributed by atoms with E-state index in [-0.39, 0.29) is 17.8 Å². The zero-order valence-corrected chi connectivity index (χ0v) is 17.5. The molecule has 1 aliphatic rings. The fourth-order valence-electron chi connectivity index (χ4n) is 4.54. The van der Waals surface area contributed by atoms with E-state index in [4.69, 9.17) is 14.7 Å². The molecule has 0 bridgehead atoms. The van der Waals surface area contributed by atoms with Crippen molar-refractivity contribution in [2.24, 2.45) is 5.92 Å². The Bertz CT molecular complexity index is 1300. The summed E-state index contributed by atoms with van der Waals surface area (Å²) in [4.78, 5) is 36.4. The summed E-state index contributed by atoms with van der Waals surface area (Å²) < 4.78 is 6.96. The van der Waals surface area contributed by atoms with Gasteiger partial charge in [-0.05, 0) is 31.0 Å². The molecule has 1 fully saturated rings. The van der Waals surface area contributed by atoms with Crippen LogP contribution in [0.1, 0.15) is 19.3 Å². The van der Waals surface area contributed by atoms with Gasteiger partial charge in [-0.3, -0.25) is 9.59 Å². The van der Waals surface area contributed by atoms with Gasteiger partial charge in [-0.1, -0.05) is 30.3 Å². The van der Waals surface area contributed by atoms with E-state index >= 15 is 0 Å². The molecule has 1 unspecified atom stereocenters. The van der Waals surface area contributed by atoms with Crippen LogP contribution in [0.25, 0.3) is 33.1 Å². The monoisotopic (exact) mass is 416 g/mol. The lowest BCUT2D eigenvalue weighted by Crippen LogP contribution is -2.42. The molecule has 1 aliphatic heterocycles. The van der Waals surface area contributed by atoms with Crippen LogP contribution in [0.2, 0.25) is 0 Å². The maximum Gasteiger partial charge on any atom is 0.310 e. The van der Waals surface area contributed by atoms with Gasteiger partial charge in [0.05, 0.1) is 29.6 Å². The average Bonchev–Trinajstić information content (AvgIpc) is 3.13. The van der Waals surface area contributed by atoms with Crippen LogP contribution >= 0.6 is 0 Å². The standard InChI is InChI=1S/C24H24N4O3/c1-31-24(30)16-7-6-13-27(15-16)21(29)12-14-28-20-11-5-2-8-17(20)22-23(28)26-19-10-4-3-9-18(19)25-22/h2-5,8-11,16H,6-7,12-15H2,1H3. The molecule has 7 heteroatoms. The van der Waals surface area contributed by atoms with Gasteiger partial charge in [0.2, 0.25) is 5.91 Å². The Balaban J connectivity index is 1.45. The van der Waals surface area contributed by atoms with Crippen LogP contribution in [-0.4, -0.2) is 51.5 Å². The number of hydrogen-bond donors (Lipinski definition) is 0. The summed E-state index contributed by atoms with van der Waals surface area (Å²) in [6, 6.07) is 15.9. The molecule has 7 nitrogen and oxygen atoms in total. The number of benzene rings is 2. The first-order valence-electron chi connectivity index (χ1n) is 10.6. The number of aromatic nitrogens is 3. The number of carbonyl (C=O) groups excluding carboxylic acids is 2. The number of fused-ring (bicyclic) bond motifs is 4. The van der Waals surface area contributed by atoms with Crippen molar-refractivity contribution in [2.45, 2.75) is 25.8 Å². The van der Waals surface area contributed by atoms with E-state index < -0.39 is 0 Å². The number of carbonyl (C=O) groups is 2. The smallest absolute Gasteiger partial charge is 0.310 e. The maximum absolute atomic E-state index is 13.0. The van der Waals surface area contributed by atoms with Crippen molar-refractivity contribution in [2.75, 3.05) is 20.2 Å². The number of likely N-dealkylation sites (tertiary alicyclic amines) is 1. The summed E-state index contributed by atoms with van der Waals surface area (Å²) in [6.45, 7) is 1.63. The lowest BCUT2D eigenvalue weighted by Gasteiger charge is -2.31. The quantitative estimate of drug-likeness (QED) is 0.476. The van der Waals surface area contributed by atoms with Crippen molar-refractivity contribution in [3.8, 4) is 0 Å². The Morgan fingerprint density at radius 1 is 1.06 bits per heavy atom. The van der Waals surface area contributed by atoms with E-state index in [0.29, 0.717) is 26.1 Å². The molecule has 1 atom stereocenters. The minimum absolute atomic E-state index is 0.0493. The van der Waals surface area contributed by atoms with Gasteiger partial charge in [-0.2, -0.15) is 0 Å². The lowest BCUT2D eigenvalue weighted by molar-refractivity contribution is -0.149. The Morgan fingerprint density at radius 3 is 2.61 bits per heavy atom. The van der Waals surface area contributed by atoms with Crippen molar-refractivity contribution in [1.29, 1.82) is 0 Å². The number of esters is 1. The van der Waals surface area contributed by atoms with Gasteiger partial charge < -0.3 is 14.2 Å². The van der Waals surface area contributed by atoms with E-state index in [2.05, 4.69) is 4.57 Å². The van der Waals surface area contributed by atoms with E-state index in [1.54, 1.807) is 4.90 Å². The van der Waals surface area contributed by atoms with Gasteiger partial charge in [0.1, 0.15) is 5.52 Å². The average molecular weight is 416 g/mol. The third-order valence-corrected chi connectivity index (χ3v) is 6.12. The number of nitrogens with zero attached hydrogens (tertiary/aromatic N) is 4. The van der Waals surface area contributed by atoms with Crippen LogP contribution in [0.4, 0.5) is 0 Å². The van der Waals surface area contributed by atoms with Crippen molar-refractivity contribution in [3.05, 3.63) is 48.5 Å². The molecule has 0 spiro atoms. The minimum atomic E-state index is -0.234. The fourth-order valence-corrected chi connectivity index (χ4v) is 4.54. The predicted molar refractivity (Wildman–Crippen MR) is 118 cm³/mol. The molecular formula is C24H24N4O3. The van der Waals surface area contributed by atoms with Crippen LogP contribution in [0.15, 0.2) is 48.5 Å². The number of methoxy groups -OCH3 is 1. The molecule has 2 aromatic carbocycles. The molecule has 5 rings (SSSR count). The van der Waals surface area contributed by atoms with Crippen molar-refractivity contribution < 1.29 is 14.3 Å². The topological polar surface area (TPSA) is 77.3 Å². The van der Waals surface area contributed by atoms with Gasteiger partial charge >= 0.3 is 5.97 Å². The predicted octanol–water partition coefficient (Wildman–Crippen LogP) is 3.54. The minimum Gasteiger partial charge on any atom is -0.469 e. The van der Waals surface area contributed by atoms with Gasteiger partial charge in [0, 0.05) is 31.4 Å². The number of ether oxygens (including phenoxy) is 1. The highest BCUT2D eigenvalue weighted by Crippen LogP contribution is 2.28. The van der Waals surface area contributed by atoms with Crippen LogP contribution in [0.3, 0.4) is 0 Å². The molecular weight excluding hydrogens is 392 g/mol. The Labute approximate surface area is 179 Å². The van der Waals surface area contributed by atoms with Crippen LogP contribution in [0.5, 0.6) is 0 Å². The first-order valence-corrected chi connectivity index (χ1v) is 10.6. The molecule has 3 heterocycles. The van der Waals surface area contributed by atoms with E-state index in [1.165, 1.54) is 7.11 Å². The second kappa shape index (κ2) is 7.98. The summed E-state index contributed by atoms with van der Waals surface area (Å²) >= 11 is 0. The Kier molecular flexibility index (Phi) is 5.02. The molecule has 158 valence electrons. The second-order valence-electron chi connectivity index (χ2n) is 8.01. The first kappa shape index (κ1) is 19.5. The first-order chi connectivity index (χ1) is 15.2. The highest BCUT2D eigenvalue weighted by molar-refractivity contribution is 6.06. The maximum atomic E-state index is 13.0. The zero-order chi connectivity index (χ0) is 21.4. The summed E-state index contributed by atoms with van der Waals surface area (Å²) in [7, 11) is 1.40. The number of aryl methyl sites for hydroxylation is 1. The molecule has 0 radical (unpaired) electrons. The summed E-state index contributed by atoms with van der Waals surface area (Å²) in [6.07, 6.45) is 1.93. The molecule has 0 saturated carbocycles. The highest BCUT2D eigenvalue weighted by Gasteiger charge is 2.29. The van der Waals surface area contributed by atoms with E-state index in [1.807, 2.05) is 48.5 Å². The normalized spacial score (nSPS) is 16.8. The molecule has 31 heavy (non-hydrogen) atoms. The summed E-state index contributed by atoms with van der Waals surface area (Å²) in [5.74, 6) is -0.413. The van der Waals surface area contributed by atoms with Crippen molar-refractivity contribution in [1.82, 2.24) is 19.4 Å². The Hall–Kier alpha value is -3.48. The fraction of sp³-hybridized carbons (Fsp3) is 0.333. The third kappa shape index (κ3) is 3.50. The molecule has 0 aliphatic carbocycles. The number of amides is 1. The van der Waals surface area contributed by atoms with Gasteiger partial charge in [-0.15, -0.1) is 0 Å². The number of rotatable bonds is 4. The van der Waals surface area contributed by atoms with Crippen LogP contribution in [-0.2, 0) is 20.9 Å². The van der Waals surface area contributed by atoms with Crippen LogP contribution < -0.4 is 0 Å². The Morgan fingerprint density at radius 2 is 1.81 bits per heavy atom. The van der Waals surface area contributed by atoms with E-state index in [9.17, 15) is 9.59 Å². The summed E-state index contributed by atoms with van der Waals surface area (Å²) in [5.41, 5.74) is 4.36. The van der Waals surface area contributed by atoms with Crippen molar-refractivity contribution >= 4 is 45.0 Å². The molecule has 1 amide bonds. The molecule has 0 N–H and O–H groups in total. The SMILES string of the molecule is COC(=O)C1CCCN(C(=O)CCn2c3ccccc3c3nc4ccccc4nc32)C1. The molecule has 4 aromatic rings. The van der Waals surface area contributed by atoms with E-state index in [0.717, 1.165) is 45.9 Å². The highest BCUT2D eigenvalue weighted by atomic mass is 16.5. The van der Waals surface area contributed by atoms with Gasteiger partial charge in [-0.25, -0.2) is 9.97 Å². The third-order valence-electron chi connectivity index (χ3n) is 6.12.